The molecule has 2 rings (SSSR count). The second kappa shape index (κ2) is 2.05. The smallest absolute Gasteiger partial charge is 0.248 e. The van der Waals surface area contributed by atoms with Crippen LogP contribution in [0.3, 0.4) is 0 Å². The van der Waals surface area contributed by atoms with E-state index in [1.165, 1.54) is 0 Å². The van der Waals surface area contributed by atoms with Crippen LogP contribution < -0.4 is 5.32 Å². The van der Waals surface area contributed by atoms with Gasteiger partial charge in [-0.1, -0.05) is 0 Å². The number of allylic oxidation sites excluding steroid dienone is 1. The number of fused-ring (bicyclic) bond motifs is 1. The summed E-state index contributed by atoms with van der Waals surface area (Å²) < 4.78 is 0. The Kier molecular flexibility index (Phi) is 1.18. The summed E-state index contributed by atoms with van der Waals surface area (Å²) in [5, 5.41) is 2.73. The molecule has 56 valence electrons. The van der Waals surface area contributed by atoms with Crippen molar-refractivity contribution in [3.63, 3.8) is 0 Å². The topological polar surface area (TPSA) is 41.5 Å². The van der Waals surface area contributed by atoms with E-state index in [1.54, 1.807) is 12.3 Å². The SMILES string of the molecule is CC1=CC(=O)NC2=CC=NC12. The third kappa shape index (κ3) is 0.888. The summed E-state index contributed by atoms with van der Waals surface area (Å²) in [4.78, 5) is 15.1. The molecule has 0 aromatic heterocycles. The third-order valence-corrected chi connectivity index (χ3v) is 1.84. The van der Waals surface area contributed by atoms with Crippen LogP contribution in [0.4, 0.5) is 0 Å². The molecule has 11 heavy (non-hydrogen) atoms. The van der Waals surface area contributed by atoms with Crippen LogP contribution in [0.2, 0.25) is 0 Å². The highest BCUT2D eigenvalue weighted by Crippen LogP contribution is 2.20. The average Bonchev–Trinajstić information content (AvgIpc) is 2.34. The molecule has 0 bridgehead atoms. The quantitative estimate of drug-likeness (QED) is 0.530. The molecule has 2 aliphatic heterocycles. The van der Waals surface area contributed by atoms with Crippen molar-refractivity contribution in [2.75, 3.05) is 0 Å². The van der Waals surface area contributed by atoms with Crippen molar-refractivity contribution in [3.05, 3.63) is 23.4 Å². The van der Waals surface area contributed by atoms with Gasteiger partial charge in [0.25, 0.3) is 0 Å². The van der Waals surface area contributed by atoms with Crippen molar-refractivity contribution in [1.29, 1.82) is 0 Å². The zero-order valence-corrected chi connectivity index (χ0v) is 6.16. The minimum absolute atomic E-state index is 0.0458. The van der Waals surface area contributed by atoms with Crippen LogP contribution in [-0.4, -0.2) is 18.2 Å². The highest BCUT2D eigenvalue weighted by atomic mass is 16.1. The summed E-state index contributed by atoms with van der Waals surface area (Å²) in [6, 6.07) is 0.0766. The van der Waals surface area contributed by atoms with Gasteiger partial charge in [0, 0.05) is 18.0 Å². The van der Waals surface area contributed by atoms with Gasteiger partial charge in [0.2, 0.25) is 5.91 Å². The van der Waals surface area contributed by atoms with E-state index < -0.39 is 0 Å². The molecule has 1 N–H and O–H groups in total. The fraction of sp³-hybridized carbons (Fsp3) is 0.250. The Morgan fingerprint density at radius 3 is 3.27 bits per heavy atom. The maximum atomic E-state index is 10.9. The van der Waals surface area contributed by atoms with E-state index >= 15 is 0 Å². The molecule has 0 saturated heterocycles. The van der Waals surface area contributed by atoms with E-state index in [2.05, 4.69) is 10.3 Å². The molecule has 0 aliphatic carbocycles. The van der Waals surface area contributed by atoms with E-state index in [9.17, 15) is 4.79 Å². The van der Waals surface area contributed by atoms with E-state index in [0.717, 1.165) is 11.3 Å². The molecule has 0 aromatic carbocycles. The van der Waals surface area contributed by atoms with Crippen LogP contribution in [-0.2, 0) is 4.79 Å². The maximum Gasteiger partial charge on any atom is 0.248 e. The molecule has 2 heterocycles. The molecule has 2 aliphatic rings. The van der Waals surface area contributed by atoms with Crippen molar-refractivity contribution < 1.29 is 4.79 Å². The summed E-state index contributed by atoms with van der Waals surface area (Å²) in [7, 11) is 0. The van der Waals surface area contributed by atoms with Crippen molar-refractivity contribution >= 4 is 12.1 Å². The van der Waals surface area contributed by atoms with Crippen LogP contribution in [0.1, 0.15) is 6.92 Å². The lowest BCUT2D eigenvalue weighted by Crippen LogP contribution is -2.31. The predicted molar refractivity (Wildman–Crippen MR) is 42.3 cm³/mol. The lowest BCUT2D eigenvalue weighted by atomic mass is 10.0. The number of aliphatic imine (C=N–C) groups is 1. The zero-order chi connectivity index (χ0) is 7.84. The minimum Gasteiger partial charge on any atom is -0.324 e. The van der Waals surface area contributed by atoms with Gasteiger partial charge in [-0.25, -0.2) is 0 Å². The largest absolute Gasteiger partial charge is 0.324 e. The van der Waals surface area contributed by atoms with Crippen molar-refractivity contribution in [3.8, 4) is 0 Å². The van der Waals surface area contributed by atoms with Gasteiger partial charge in [-0.05, 0) is 18.6 Å². The number of carbonyl (C=O) groups excluding carboxylic acids is 1. The molecule has 0 aromatic rings. The standard InChI is InChI=1S/C8H8N2O/c1-5-4-7(11)10-6-2-3-9-8(5)6/h2-4,8H,1H3,(H,10,11). The van der Waals surface area contributed by atoms with E-state index in [1.807, 2.05) is 13.0 Å². The molecule has 3 nitrogen and oxygen atoms in total. The molecule has 3 heteroatoms. The summed E-state index contributed by atoms with van der Waals surface area (Å²) in [5.74, 6) is -0.0458. The first-order valence-corrected chi connectivity index (χ1v) is 3.50. The molecular formula is C8H8N2O. The molecule has 0 saturated carbocycles. The first-order chi connectivity index (χ1) is 5.27. The molecule has 0 spiro atoms. The highest BCUT2D eigenvalue weighted by molar-refractivity contribution is 5.94. The molecular weight excluding hydrogens is 140 g/mol. The summed E-state index contributed by atoms with van der Waals surface area (Å²) in [6.07, 6.45) is 5.15. The zero-order valence-electron chi connectivity index (χ0n) is 6.16. The van der Waals surface area contributed by atoms with Crippen LogP contribution in [0.15, 0.2) is 28.4 Å². The second-order valence-corrected chi connectivity index (χ2v) is 2.70. The monoisotopic (exact) mass is 148 g/mol. The van der Waals surface area contributed by atoms with E-state index in [0.29, 0.717) is 0 Å². The van der Waals surface area contributed by atoms with Crippen LogP contribution in [0.25, 0.3) is 0 Å². The Bertz CT molecular complexity index is 299. The number of amides is 1. The summed E-state index contributed by atoms with van der Waals surface area (Å²) >= 11 is 0. The van der Waals surface area contributed by atoms with Crippen LogP contribution in [0, 0.1) is 0 Å². The van der Waals surface area contributed by atoms with Gasteiger partial charge in [0.05, 0.1) is 0 Å². The summed E-state index contributed by atoms with van der Waals surface area (Å²) in [6.45, 7) is 1.92. The van der Waals surface area contributed by atoms with Gasteiger partial charge in [0.15, 0.2) is 0 Å². The van der Waals surface area contributed by atoms with Gasteiger partial charge in [0.1, 0.15) is 6.04 Å². The normalized spacial score (nSPS) is 27.4. The number of hydrogen-bond acceptors (Lipinski definition) is 2. The van der Waals surface area contributed by atoms with Gasteiger partial charge in [-0.2, -0.15) is 0 Å². The molecule has 1 atom stereocenters. The predicted octanol–water partition coefficient (Wildman–Crippen LogP) is 0.399. The highest BCUT2D eigenvalue weighted by Gasteiger charge is 2.23. The first-order valence-electron chi connectivity index (χ1n) is 3.50. The Morgan fingerprint density at radius 2 is 2.45 bits per heavy atom. The van der Waals surface area contributed by atoms with Crippen LogP contribution in [0.5, 0.6) is 0 Å². The Labute approximate surface area is 64.5 Å². The Hall–Kier alpha value is -1.38. The van der Waals surface area contributed by atoms with Crippen molar-refractivity contribution in [2.45, 2.75) is 13.0 Å². The van der Waals surface area contributed by atoms with Gasteiger partial charge >= 0.3 is 0 Å². The molecule has 0 radical (unpaired) electrons. The van der Waals surface area contributed by atoms with Gasteiger partial charge in [-0.3, -0.25) is 9.79 Å². The van der Waals surface area contributed by atoms with Crippen molar-refractivity contribution in [1.82, 2.24) is 5.32 Å². The van der Waals surface area contributed by atoms with E-state index in [-0.39, 0.29) is 11.9 Å². The first kappa shape index (κ1) is 6.34. The molecule has 1 amide bonds. The lowest BCUT2D eigenvalue weighted by Gasteiger charge is -2.18. The third-order valence-electron chi connectivity index (χ3n) is 1.84. The minimum atomic E-state index is -0.0458. The lowest BCUT2D eigenvalue weighted by molar-refractivity contribution is -0.116. The Balaban J connectivity index is 2.41. The van der Waals surface area contributed by atoms with E-state index in [4.69, 9.17) is 0 Å². The fourth-order valence-electron chi connectivity index (χ4n) is 1.32. The number of rotatable bonds is 0. The number of carbonyl (C=O) groups is 1. The molecule has 1 unspecified atom stereocenters. The number of nitrogens with one attached hydrogen (secondary N) is 1. The number of hydrogen-bond donors (Lipinski definition) is 1. The fourth-order valence-corrected chi connectivity index (χ4v) is 1.32. The summed E-state index contributed by atoms with van der Waals surface area (Å²) in [5.41, 5.74) is 1.91. The average molecular weight is 148 g/mol. The van der Waals surface area contributed by atoms with Crippen molar-refractivity contribution in [2.24, 2.45) is 4.99 Å². The number of nitrogens with zero attached hydrogens (tertiary/aromatic N) is 1. The second-order valence-electron chi connectivity index (χ2n) is 2.70. The Morgan fingerprint density at radius 1 is 1.64 bits per heavy atom. The maximum absolute atomic E-state index is 10.9. The van der Waals surface area contributed by atoms with Gasteiger partial charge < -0.3 is 5.32 Å². The van der Waals surface area contributed by atoms with Gasteiger partial charge in [-0.15, -0.1) is 0 Å². The van der Waals surface area contributed by atoms with Crippen LogP contribution >= 0.6 is 0 Å². The molecule has 0 fully saturated rings.